The van der Waals surface area contributed by atoms with Crippen molar-refractivity contribution < 1.29 is 9.53 Å². The molecule has 0 spiro atoms. The number of anilines is 1. The van der Waals surface area contributed by atoms with E-state index in [0.29, 0.717) is 11.7 Å². The van der Waals surface area contributed by atoms with Crippen LogP contribution < -0.4 is 15.4 Å². The summed E-state index contributed by atoms with van der Waals surface area (Å²) in [5, 5.41) is 7.06. The average Bonchev–Trinajstić information content (AvgIpc) is 3.52. The number of amides is 1. The quantitative estimate of drug-likeness (QED) is 0.317. The van der Waals surface area contributed by atoms with E-state index in [4.69, 9.17) is 17.0 Å². The van der Waals surface area contributed by atoms with Crippen LogP contribution in [0.4, 0.5) is 5.69 Å². The summed E-state index contributed by atoms with van der Waals surface area (Å²) in [6, 6.07) is 25.3. The minimum absolute atomic E-state index is 0.0615. The number of hydrogen-bond donors (Lipinski definition) is 2. The fraction of sp³-hybridized carbons (Fsp3) is 0.207. The third-order valence-corrected chi connectivity index (χ3v) is 6.86. The number of rotatable bonds is 8. The van der Waals surface area contributed by atoms with E-state index < -0.39 is 0 Å². The lowest BCUT2D eigenvalue weighted by Gasteiger charge is -2.29. The van der Waals surface area contributed by atoms with E-state index in [0.717, 1.165) is 34.1 Å². The summed E-state index contributed by atoms with van der Waals surface area (Å²) in [5.74, 6) is 0.709. The van der Waals surface area contributed by atoms with Crippen LogP contribution in [0.25, 0.3) is 5.69 Å². The number of benzene rings is 2. The summed E-state index contributed by atoms with van der Waals surface area (Å²) in [6.45, 7) is 2.46. The van der Waals surface area contributed by atoms with Crippen molar-refractivity contribution in [2.45, 2.75) is 25.4 Å². The molecular weight excluding hydrogens is 482 g/mol. The molecule has 2 aromatic carbocycles. The van der Waals surface area contributed by atoms with Crippen LogP contribution in [0.15, 0.2) is 91.3 Å². The highest BCUT2D eigenvalue weighted by Crippen LogP contribution is 2.40. The molecule has 0 saturated carbocycles. The van der Waals surface area contributed by atoms with Gasteiger partial charge in [-0.15, -0.1) is 0 Å². The first kappa shape index (κ1) is 24.5. The van der Waals surface area contributed by atoms with Gasteiger partial charge < -0.3 is 24.8 Å². The number of carbonyl (C=O) groups excluding carboxylic acids is 1. The zero-order valence-corrected chi connectivity index (χ0v) is 21.6. The summed E-state index contributed by atoms with van der Waals surface area (Å²) >= 11 is 5.80. The van der Waals surface area contributed by atoms with Gasteiger partial charge in [-0.2, -0.15) is 0 Å². The Hall–Kier alpha value is -4.17. The molecular formula is C29H29N5O2S. The van der Waals surface area contributed by atoms with Gasteiger partial charge in [0.15, 0.2) is 5.11 Å². The summed E-state index contributed by atoms with van der Waals surface area (Å²) in [6.07, 6.45) is 4.09. The number of methoxy groups -OCH3 is 1. The second-order valence-electron chi connectivity index (χ2n) is 8.96. The lowest BCUT2D eigenvalue weighted by molar-refractivity contribution is -0.116. The number of thiocarbonyl (C=S) groups is 1. The number of carbonyl (C=O) groups is 1. The summed E-state index contributed by atoms with van der Waals surface area (Å²) in [7, 11) is 1.67. The fourth-order valence-electron chi connectivity index (χ4n) is 4.82. The Morgan fingerprint density at radius 3 is 2.70 bits per heavy atom. The molecule has 4 aromatic rings. The normalized spacial score (nSPS) is 16.9. The molecule has 2 N–H and O–H groups in total. The molecule has 0 unspecified atom stereocenters. The summed E-state index contributed by atoms with van der Waals surface area (Å²) in [4.78, 5) is 19.6. The predicted octanol–water partition coefficient (Wildman–Crippen LogP) is 5.19. The topological polar surface area (TPSA) is 71.4 Å². The molecule has 1 aliphatic rings. The van der Waals surface area contributed by atoms with Gasteiger partial charge in [0.05, 0.1) is 30.6 Å². The molecule has 1 saturated heterocycles. The molecule has 8 heteroatoms. The van der Waals surface area contributed by atoms with Crippen LogP contribution in [-0.4, -0.2) is 39.1 Å². The molecule has 37 heavy (non-hydrogen) atoms. The second kappa shape index (κ2) is 10.8. The minimum atomic E-state index is -0.186. The number of para-hydroxylation sites is 2. The molecule has 1 fully saturated rings. The molecule has 5 rings (SSSR count). The first-order valence-corrected chi connectivity index (χ1v) is 12.6. The van der Waals surface area contributed by atoms with Gasteiger partial charge in [-0.3, -0.25) is 9.78 Å². The molecule has 2 aromatic heterocycles. The lowest BCUT2D eigenvalue weighted by Crippen LogP contribution is -2.33. The molecule has 7 nitrogen and oxygen atoms in total. The number of hydrogen-bond acceptors (Lipinski definition) is 4. The highest BCUT2D eigenvalue weighted by Gasteiger charge is 2.41. The average molecular weight is 512 g/mol. The number of ether oxygens (including phenoxy) is 1. The van der Waals surface area contributed by atoms with E-state index in [9.17, 15) is 4.79 Å². The Bertz CT molecular complexity index is 1400. The van der Waals surface area contributed by atoms with Gasteiger partial charge in [-0.1, -0.05) is 30.3 Å². The third kappa shape index (κ3) is 5.20. The van der Waals surface area contributed by atoms with Crippen LogP contribution in [-0.2, 0) is 4.79 Å². The SMILES string of the molecule is COc1ccccc1-n1cccc1[C@@H]1[C@@H](c2ccccn2)NC(=S)N1CCC(=O)Nc1cccc(C)c1. The van der Waals surface area contributed by atoms with E-state index in [2.05, 4.69) is 31.2 Å². The number of nitrogens with one attached hydrogen (secondary N) is 2. The van der Waals surface area contributed by atoms with Crippen LogP contribution >= 0.6 is 12.2 Å². The van der Waals surface area contributed by atoms with Gasteiger partial charge in [0.25, 0.3) is 0 Å². The molecule has 0 bridgehead atoms. The molecule has 1 aliphatic heterocycles. The highest BCUT2D eigenvalue weighted by molar-refractivity contribution is 7.80. The van der Waals surface area contributed by atoms with Crippen LogP contribution in [0.2, 0.25) is 0 Å². The number of pyridine rings is 1. The molecule has 188 valence electrons. The third-order valence-electron chi connectivity index (χ3n) is 6.51. The van der Waals surface area contributed by atoms with Gasteiger partial charge in [-0.05, 0) is 73.2 Å². The van der Waals surface area contributed by atoms with Crippen molar-refractivity contribution in [1.29, 1.82) is 0 Å². The van der Waals surface area contributed by atoms with E-state index in [-0.39, 0.29) is 24.4 Å². The maximum atomic E-state index is 12.9. The predicted molar refractivity (Wildman–Crippen MR) is 149 cm³/mol. The van der Waals surface area contributed by atoms with Crippen molar-refractivity contribution in [2.75, 3.05) is 19.0 Å². The number of nitrogens with zero attached hydrogens (tertiary/aromatic N) is 3. The lowest BCUT2D eigenvalue weighted by atomic mass is 10.0. The first-order valence-electron chi connectivity index (χ1n) is 12.2. The van der Waals surface area contributed by atoms with Crippen molar-refractivity contribution >= 4 is 28.9 Å². The van der Waals surface area contributed by atoms with Crippen molar-refractivity contribution in [3.8, 4) is 11.4 Å². The smallest absolute Gasteiger partial charge is 0.226 e. The fourth-order valence-corrected chi connectivity index (χ4v) is 5.15. The molecule has 0 radical (unpaired) electrons. The summed E-state index contributed by atoms with van der Waals surface area (Å²) in [5.41, 5.74) is 4.72. The van der Waals surface area contributed by atoms with E-state index in [1.807, 2.05) is 85.9 Å². The highest BCUT2D eigenvalue weighted by atomic mass is 32.1. The van der Waals surface area contributed by atoms with E-state index >= 15 is 0 Å². The van der Waals surface area contributed by atoms with Crippen molar-refractivity contribution in [2.24, 2.45) is 0 Å². The zero-order chi connectivity index (χ0) is 25.8. The maximum Gasteiger partial charge on any atom is 0.226 e. The van der Waals surface area contributed by atoms with Crippen LogP contribution in [0.3, 0.4) is 0 Å². The van der Waals surface area contributed by atoms with E-state index in [1.165, 1.54) is 0 Å². The molecule has 1 amide bonds. The molecule has 2 atom stereocenters. The van der Waals surface area contributed by atoms with Gasteiger partial charge in [0.2, 0.25) is 5.91 Å². The van der Waals surface area contributed by atoms with Gasteiger partial charge >= 0.3 is 0 Å². The minimum Gasteiger partial charge on any atom is -0.495 e. The molecule has 0 aliphatic carbocycles. The van der Waals surface area contributed by atoms with Crippen LogP contribution in [0, 0.1) is 6.92 Å². The van der Waals surface area contributed by atoms with Gasteiger partial charge in [0, 0.05) is 36.7 Å². The second-order valence-corrected chi connectivity index (χ2v) is 9.35. The van der Waals surface area contributed by atoms with Crippen molar-refractivity contribution in [3.05, 3.63) is 108 Å². The standard InChI is InChI=1S/C29H29N5O2S/c1-20-9-7-10-21(19-20)31-26(35)15-18-34-28(27(32-29(34)37)22-11-5-6-16-30-22)24-13-8-17-33(24)23-12-3-4-14-25(23)36-2/h3-14,16-17,19,27-28H,15,18H2,1-2H3,(H,31,35)(H,32,37)/t27-,28-/m1/s1. The summed E-state index contributed by atoms with van der Waals surface area (Å²) < 4.78 is 7.77. The van der Waals surface area contributed by atoms with Crippen molar-refractivity contribution in [3.63, 3.8) is 0 Å². The number of aromatic nitrogens is 2. The Balaban J connectivity index is 1.46. The van der Waals surface area contributed by atoms with Gasteiger partial charge in [-0.25, -0.2) is 0 Å². The Labute approximate surface area is 222 Å². The number of aryl methyl sites for hydroxylation is 1. The van der Waals surface area contributed by atoms with Gasteiger partial charge in [0.1, 0.15) is 5.75 Å². The molecule has 3 heterocycles. The van der Waals surface area contributed by atoms with Crippen LogP contribution in [0.5, 0.6) is 5.75 Å². The Morgan fingerprint density at radius 2 is 1.92 bits per heavy atom. The Morgan fingerprint density at radius 1 is 1.08 bits per heavy atom. The maximum absolute atomic E-state index is 12.9. The van der Waals surface area contributed by atoms with E-state index in [1.54, 1.807) is 13.3 Å². The largest absolute Gasteiger partial charge is 0.495 e. The zero-order valence-electron chi connectivity index (χ0n) is 20.8. The Kier molecular flexibility index (Phi) is 7.18. The monoisotopic (exact) mass is 511 g/mol. The van der Waals surface area contributed by atoms with Crippen LogP contribution in [0.1, 0.15) is 35.5 Å². The van der Waals surface area contributed by atoms with Crippen molar-refractivity contribution in [1.82, 2.24) is 19.8 Å². The first-order chi connectivity index (χ1) is 18.0.